The van der Waals surface area contributed by atoms with Gasteiger partial charge in [-0.3, -0.25) is 0 Å². The van der Waals surface area contributed by atoms with Gasteiger partial charge in [-0.25, -0.2) is 4.98 Å². The molecule has 15 heavy (non-hydrogen) atoms. The number of aromatic nitrogens is 2. The maximum atomic E-state index is 4.30. The third-order valence-electron chi connectivity index (χ3n) is 2.42. The van der Waals surface area contributed by atoms with Crippen LogP contribution in [0.2, 0.25) is 0 Å². The Hall–Kier alpha value is -0.990. The zero-order chi connectivity index (χ0) is 11.1. The lowest BCUT2D eigenvalue weighted by Crippen LogP contribution is -2.09. The van der Waals surface area contributed by atoms with Gasteiger partial charge in [-0.05, 0) is 25.2 Å². The third-order valence-corrected chi connectivity index (χ3v) is 2.42. The van der Waals surface area contributed by atoms with E-state index < -0.39 is 0 Å². The van der Waals surface area contributed by atoms with Gasteiger partial charge in [-0.2, -0.15) is 0 Å². The van der Waals surface area contributed by atoms with Crippen molar-refractivity contribution in [2.75, 3.05) is 11.9 Å². The molecule has 0 aliphatic heterocycles. The van der Waals surface area contributed by atoms with Crippen molar-refractivity contribution in [1.29, 1.82) is 0 Å². The highest BCUT2D eigenvalue weighted by atomic mass is 15.2. The molecule has 1 rings (SSSR count). The van der Waals surface area contributed by atoms with Crippen LogP contribution in [0.15, 0.2) is 12.4 Å². The van der Waals surface area contributed by atoms with Gasteiger partial charge in [0.2, 0.25) is 5.95 Å². The average molecular weight is 209 g/mol. The van der Waals surface area contributed by atoms with E-state index in [0.29, 0.717) is 0 Å². The van der Waals surface area contributed by atoms with Gasteiger partial charge < -0.3 is 9.88 Å². The van der Waals surface area contributed by atoms with E-state index in [1.54, 1.807) is 0 Å². The van der Waals surface area contributed by atoms with Crippen LogP contribution in [0.5, 0.6) is 0 Å². The summed E-state index contributed by atoms with van der Waals surface area (Å²) in [5.41, 5.74) is 0. The molecule has 3 heteroatoms. The van der Waals surface area contributed by atoms with Crippen LogP contribution in [-0.2, 0) is 6.54 Å². The standard InChI is InChI=1S/C12H23N3/c1-4-9-15-10-8-14-12(15)13-7-5-6-11(2)3/h8,10-11H,4-7,9H2,1-3H3,(H,13,14). The maximum Gasteiger partial charge on any atom is 0.202 e. The van der Waals surface area contributed by atoms with Crippen LogP contribution in [0.1, 0.15) is 40.0 Å². The van der Waals surface area contributed by atoms with Crippen LogP contribution in [-0.4, -0.2) is 16.1 Å². The molecule has 0 saturated heterocycles. The predicted octanol–water partition coefficient (Wildman–Crippen LogP) is 3.14. The Morgan fingerprint density at radius 1 is 1.47 bits per heavy atom. The van der Waals surface area contributed by atoms with Gasteiger partial charge in [-0.1, -0.05) is 20.8 Å². The molecular weight excluding hydrogens is 186 g/mol. The monoisotopic (exact) mass is 209 g/mol. The Balaban J connectivity index is 2.27. The van der Waals surface area contributed by atoms with Crippen molar-refractivity contribution in [2.45, 2.75) is 46.6 Å². The molecule has 86 valence electrons. The minimum atomic E-state index is 0.794. The molecule has 0 radical (unpaired) electrons. The normalized spacial score (nSPS) is 10.9. The average Bonchev–Trinajstić information content (AvgIpc) is 2.61. The van der Waals surface area contributed by atoms with Crippen molar-refractivity contribution >= 4 is 5.95 Å². The van der Waals surface area contributed by atoms with Crippen LogP contribution in [0.4, 0.5) is 5.95 Å². The van der Waals surface area contributed by atoms with E-state index >= 15 is 0 Å². The molecule has 0 atom stereocenters. The predicted molar refractivity (Wildman–Crippen MR) is 65.1 cm³/mol. The molecule has 1 aromatic rings. The molecule has 0 spiro atoms. The molecule has 0 aromatic carbocycles. The molecule has 1 aromatic heterocycles. The number of hydrogen-bond donors (Lipinski definition) is 1. The number of hydrogen-bond acceptors (Lipinski definition) is 2. The number of aryl methyl sites for hydroxylation is 1. The van der Waals surface area contributed by atoms with E-state index in [2.05, 4.69) is 35.6 Å². The van der Waals surface area contributed by atoms with E-state index in [1.165, 1.54) is 12.8 Å². The molecule has 0 fully saturated rings. The number of nitrogens with one attached hydrogen (secondary N) is 1. The Bertz CT molecular complexity index is 266. The largest absolute Gasteiger partial charge is 0.356 e. The summed E-state index contributed by atoms with van der Waals surface area (Å²) in [5, 5.41) is 3.39. The smallest absolute Gasteiger partial charge is 0.202 e. The Morgan fingerprint density at radius 3 is 2.93 bits per heavy atom. The molecule has 1 heterocycles. The van der Waals surface area contributed by atoms with Gasteiger partial charge in [0.25, 0.3) is 0 Å². The molecule has 3 nitrogen and oxygen atoms in total. The fraction of sp³-hybridized carbons (Fsp3) is 0.750. The van der Waals surface area contributed by atoms with Crippen molar-refractivity contribution in [3.8, 4) is 0 Å². The molecule has 0 saturated carbocycles. The van der Waals surface area contributed by atoms with Gasteiger partial charge in [-0.15, -0.1) is 0 Å². The van der Waals surface area contributed by atoms with Crippen molar-refractivity contribution in [3.05, 3.63) is 12.4 Å². The van der Waals surface area contributed by atoms with Crippen molar-refractivity contribution in [1.82, 2.24) is 9.55 Å². The zero-order valence-electron chi connectivity index (χ0n) is 10.2. The minimum Gasteiger partial charge on any atom is -0.356 e. The van der Waals surface area contributed by atoms with Crippen LogP contribution in [0.25, 0.3) is 0 Å². The first-order chi connectivity index (χ1) is 7.24. The molecule has 0 bridgehead atoms. The Kier molecular flexibility index (Phi) is 5.22. The van der Waals surface area contributed by atoms with Gasteiger partial charge in [0.05, 0.1) is 0 Å². The SMILES string of the molecule is CCCn1ccnc1NCCCC(C)C. The van der Waals surface area contributed by atoms with Crippen molar-refractivity contribution < 1.29 is 0 Å². The van der Waals surface area contributed by atoms with Gasteiger partial charge in [0, 0.05) is 25.5 Å². The number of rotatable bonds is 7. The third kappa shape index (κ3) is 4.36. The fourth-order valence-corrected chi connectivity index (χ4v) is 1.61. The Morgan fingerprint density at radius 2 is 2.27 bits per heavy atom. The summed E-state index contributed by atoms with van der Waals surface area (Å²) in [6, 6.07) is 0. The first-order valence-electron chi connectivity index (χ1n) is 5.99. The zero-order valence-corrected chi connectivity index (χ0v) is 10.2. The highest BCUT2D eigenvalue weighted by Crippen LogP contribution is 2.07. The molecule has 0 amide bonds. The molecule has 1 N–H and O–H groups in total. The van der Waals surface area contributed by atoms with Crippen molar-refractivity contribution in [2.24, 2.45) is 5.92 Å². The quantitative estimate of drug-likeness (QED) is 0.699. The van der Waals surface area contributed by atoms with Crippen LogP contribution in [0, 0.1) is 5.92 Å². The highest BCUT2D eigenvalue weighted by Gasteiger charge is 2.00. The second-order valence-electron chi connectivity index (χ2n) is 4.41. The summed E-state index contributed by atoms with van der Waals surface area (Å²) >= 11 is 0. The first kappa shape index (κ1) is 12.1. The van der Waals surface area contributed by atoms with Gasteiger partial charge in [0.1, 0.15) is 0 Å². The summed E-state index contributed by atoms with van der Waals surface area (Å²) in [6.45, 7) is 8.78. The van der Waals surface area contributed by atoms with Gasteiger partial charge >= 0.3 is 0 Å². The topological polar surface area (TPSA) is 29.9 Å². The fourth-order valence-electron chi connectivity index (χ4n) is 1.61. The maximum absolute atomic E-state index is 4.30. The lowest BCUT2D eigenvalue weighted by atomic mass is 10.1. The van der Waals surface area contributed by atoms with Crippen LogP contribution >= 0.6 is 0 Å². The lowest BCUT2D eigenvalue weighted by Gasteiger charge is -2.09. The first-order valence-corrected chi connectivity index (χ1v) is 5.99. The number of nitrogens with zero attached hydrogens (tertiary/aromatic N) is 2. The summed E-state index contributed by atoms with van der Waals surface area (Å²) < 4.78 is 2.18. The summed E-state index contributed by atoms with van der Waals surface area (Å²) in [5.74, 6) is 1.81. The van der Waals surface area contributed by atoms with Crippen LogP contribution < -0.4 is 5.32 Å². The highest BCUT2D eigenvalue weighted by molar-refractivity contribution is 5.25. The summed E-state index contributed by atoms with van der Waals surface area (Å²) in [4.78, 5) is 4.30. The van der Waals surface area contributed by atoms with E-state index in [9.17, 15) is 0 Å². The summed E-state index contributed by atoms with van der Waals surface area (Å²) in [7, 11) is 0. The van der Waals surface area contributed by atoms with E-state index in [1.807, 2.05) is 12.4 Å². The van der Waals surface area contributed by atoms with Gasteiger partial charge in [0.15, 0.2) is 0 Å². The molecular formula is C12H23N3. The van der Waals surface area contributed by atoms with E-state index in [-0.39, 0.29) is 0 Å². The summed E-state index contributed by atoms with van der Waals surface area (Å²) in [6.07, 6.45) is 7.55. The second-order valence-corrected chi connectivity index (χ2v) is 4.41. The van der Waals surface area contributed by atoms with Crippen molar-refractivity contribution in [3.63, 3.8) is 0 Å². The van der Waals surface area contributed by atoms with Crippen LogP contribution in [0.3, 0.4) is 0 Å². The second kappa shape index (κ2) is 6.49. The molecule has 0 aliphatic carbocycles. The number of anilines is 1. The Labute approximate surface area is 92.9 Å². The van der Waals surface area contributed by atoms with E-state index in [0.717, 1.165) is 31.4 Å². The minimum absolute atomic E-state index is 0.794. The molecule has 0 unspecified atom stereocenters. The van der Waals surface area contributed by atoms with E-state index in [4.69, 9.17) is 0 Å². The number of imidazole rings is 1. The molecule has 0 aliphatic rings. The lowest BCUT2D eigenvalue weighted by molar-refractivity contribution is 0.565.